The first-order chi connectivity index (χ1) is 9.58. The third kappa shape index (κ3) is 3.42. The molecule has 6 nitrogen and oxygen atoms in total. The summed E-state index contributed by atoms with van der Waals surface area (Å²) in [5.74, 6) is -1.06. The first-order valence-corrected chi connectivity index (χ1v) is 6.50. The summed E-state index contributed by atoms with van der Waals surface area (Å²) in [5, 5.41) is 19.5. The average molecular weight is 274 g/mol. The van der Waals surface area contributed by atoms with Crippen molar-refractivity contribution in [2.45, 2.75) is 26.4 Å². The number of hydrogen-bond donors (Lipinski definition) is 2. The molecule has 2 N–H and O–H groups in total. The second-order valence-electron chi connectivity index (χ2n) is 4.70. The van der Waals surface area contributed by atoms with Gasteiger partial charge in [-0.3, -0.25) is 4.68 Å². The Kier molecular flexibility index (Phi) is 4.47. The lowest BCUT2D eigenvalue weighted by Gasteiger charge is -2.16. The van der Waals surface area contributed by atoms with Crippen LogP contribution in [0.3, 0.4) is 0 Å². The van der Waals surface area contributed by atoms with Crippen LogP contribution >= 0.6 is 0 Å². The van der Waals surface area contributed by atoms with Gasteiger partial charge >= 0.3 is 5.97 Å². The zero-order chi connectivity index (χ0) is 14.5. The zero-order valence-corrected chi connectivity index (χ0v) is 11.6. The number of carbonyl (C=O) groups is 1. The fourth-order valence-corrected chi connectivity index (χ4v) is 2.08. The minimum Gasteiger partial charge on any atom is -0.476 e. The molecule has 2 aromatic rings. The lowest BCUT2D eigenvalue weighted by atomic mass is 10.0. The third-order valence-electron chi connectivity index (χ3n) is 3.20. The normalized spacial score (nSPS) is 12.3. The summed E-state index contributed by atoms with van der Waals surface area (Å²) < 4.78 is 1.53. The summed E-state index contributed by atoms with van der Waals surface area (Å²) in [6.07, 6.45) is 1.43. The van der Waals surface area contributed by atoms with E-state index in [9.17, 15) is 4.79 Å². The molecule has 0 spiro atoms. The highest BCUT2D eigenvalue weighted by Gasteiger charge is 2.09. The van der Waals surface area contributed by atoms with Crippen LogP contribution in [0.25, 0.3) is 0 Å². The van der Waals surface area contributed by atoms with Crippen LogP contribution in [0.2, 0.25) is 0 Å². The van der Waals surface area contributed by atoms with Gasteiger partial charge in [0.1, 0.15) is 0 Å². The SMILES string of the molecule is Cc1ccccc1C(C)NCCn1cc(C(=O)O)nn1. The van der Waals surface area contributed by atoms with E-state index in [0.717, 1.165) is 0 Å². The molecule has 0 amide bonds. The Morgan fingerprint density at radius 1 is 1.45 bits per heavy atom. The Balaban J connectivity index is 1.86. The summed E-state index contributed by atoms with van der Waals surface area (Å²) in [7, 11) is 0. The molecule has 0 aliphatic carbocycles. The van der Waals surface area contributed by atoms with Crippen LogP contribution in [0.15, 0.2) is 30.5 Å². The molecule has 2 rings (SSSR count). The molecular weight excluding hydrogens is 256 g/mol. The number of carboxylic acid groups (broad SMARTS) is 1. The summed E-state index contributed by atoms with van der Waals surface area (Å²) in [4.78, 5) is 10.7. The lowest BCUT2D eigenvalue weighted by molar-refractivity contribution is 0.0690. The summed E-state index contributed by atoms with van der Waals surface area (Å²) in [5.41, 5.74) is 2.48. The topological polar surface area (TPSA) is 80.0 Å². The number of rotatable bonds is 6. The van der Waals surface area contributed by atoms with Gasteiger partial charge in [0.15, 0.2) is 5.69 Å². The van der Waals surface area contributed by atoms with Crippen molar-refractivity contribution in [2.24, 2.45) is 0 Å². The summed E-state index contributed by atoms with van der Waals surface area (Å²) >= 11 is 0. The van der Waals surface area contributed by atoms with Gasteiger partial charge in [0.2, 0.25) is 0 Å². The molecule has 20 heavy (non-hydrogen) atoms. The minimum absolute atomic E-state index is 0.0306. The van der Waals surface area contributed by atoms with Crippen molar-refractivity contribution < 1.29 is 9.90 Å². The predicted octanol–water partition coefficient (Wildman–Crippen LogP) is 1.64. The van der Waals surface area contributed by atoms with Crippen molar-refractivity contribution in [3.63, 3.8) is 0 Å². The molecule has 1 aromatic heterocycles. The van der Waals surface area contributed by atoms with E-state index < -0.39 is 5.97 Å². The standard InChI is InChI=1S/C14H18N4O2/c1-10-5-3-4-6-12(10)11(2)15-7-8-18-9-13(14(19)20)16-17-18/h3-6,9,11,15H,7-8H2,1-2H3,(H,19,20). The molecule has 0 aliphatic heterocycles. The van der Waals surface area contributed by atoms with Crippen LogP contribution in [-0.2, 0) is 6.54 Å². The Hall–Kier alpha value is -2.21. The number of carboxylic acids is 1. The van der Waals surface area contributed by atoms with Gasteiger partial charge in [-0.1, -0.05) is 29.5 Å². The van der Waals surface area contributed by atoms with E-state index >= 15 is 0 Å². The number of hydrogen-bond acceptors (Lipinski definition) is 4. The molecule has 0 radical (unpaired) electrons. The van der Waals surface area contributed by atoms with Crippen LogP contribution in [-0.4, -0.2) is 32.6 Å². The minimum atomic E-state index is -1.06. The molecule has 1 unspecified atom stereocenters. The predicted molar refractivity (Wildman–Crippen MR) is 74.6 cm³/mol. The fourth-order valence-electron chi connectivity index (χ4n) is 2.08. The monoisotopic (exact) mass is 274 g/mol. The van der Waals surface area contributed by atoms with Crippen LogP contribution < -0.4 is 5.32 Å². The maximum atomic E-state index is 10.7. The van der Waals surface area contributed by atoms with Gasteiger partial charge in [-0.05, 0) is 25.0 Å². The molecule has 1 heterocycles. The number of benzene rings is 1. The quantitative estimate of drug-likeness (QED) is 0.837. The first-order valence-electron chi connectivity index (χ1n) is 6.50. The molecule has 0 aliphatic rings. The molecule has 0 bridgehead atoms. The van der Waals surface area contributed by atoms with E-state index in [4.69, 9.17) is 5.11 Å². The number of aromatic carboxylic acids is 1. The Labute approximate surface area is 117 Å². The van der Waals surface area contributed by atoms with Crippen LogP contribution in [0, 0.1) is 6.92 Å². The number of nitrogens with zero attached hydrogens (tertiary/aromatic N) is 3. The third-order valence-corrected chi connectivity index (χ3v) is 3.20. The van der Waals surface area contributed by atoms with E-state index in [1.807, 2.05) is 12.1 Å². The van der Waals surface area contributed by atoms with Crippen molar-refractivity contribution >= 4 is 5.97 Å². The molecule has 106 valence electrons. The molecule has 6 heteroatoms. The van der Waals surface area contributed by atoms with E-state index in [0.29, 0.717) is 13.1 Å². The molecule has 0 saturated heterocycles. The number of aromatic nitrogens is 3. The number of nitrogens with one attached hydrogen (secondary N) is 1. The highest BCUT2D eigenvalue weighted by molar-refractivity contribution is 5.84. The van der Waals surface area contributed by atoms with Crippen LogP contribution in [0.5, 0.6) is 0 Å². The highest BCUT2D eigenvalue weighted by Crippen LogP contribution is 2.16. The van der Waals surface area contributed by atoms with Crippen molar-refractivity contribution in [2.75, 3.05) is 6.54 Å². The second-order valence-corrected chi connectivity index (χ2v) is 4.70. The van der Waals surface area contributed by atoms with Gasteiger partial charge in [0.25, 0.3) is 0 Å². The van der Waals surface area contributed by atoms with E-state index in [1.165, 1.54) is 22.0 Å². The number of aryl methyl sites for hydroxylation is 1. The van der Waals surface area contributed by atoms with E-state index in [1.54, 1.807) is 0 Å². The van der Waals surface area contributed by atoms with Crippen molar-refractivity contribution in [3.8, 4) is 0 Å². The molecular formula is C14H18N4O2. The van der Waals surface area contributed by atoms with Crippen LogP contribution in [0.1, 0.15) is 34.6 Å². The first kappa shape index (κ1) is 14.2. The molecule has 1 atom stereocenters. The van der Waals surface area contributed by atoms with E-state index in [2.05, 4.69) is 41.6 Å². The Bertz CT molecular complexity index is 594. The maximum absolute atomic E-state index is 10.7. The molecule has 0 saturated carbocycles. The Morgan fingerprint density at radius 3 is 2.85 bits per heavy atom. The largest absolute Gasteiger partial charge is 0.476 e. The summed E-state index contributed by atoms with van der Waals surface area (Å²) in [6, 6.07) is 8.47. The smallest absolute Gasteiger partial charge is 0.358 e. The van der Waals surface area contributed by atoms with Crippen molar-refractivity contribution in [1.29, 1.82) is 0 Å². The second kappa shape index (κ2) is 6.29. The van der Waals surface area contributed by atoms with E-state index in [-0.39, 0.29) is 11.7 Å². The van der Waals surface area contributed by atoms with Crippen molar-refractivity contribution in [1.82, 2.24) is 20.3 Å². The van der Waals surface area contributed by atoms with Gasteiger partial charge in [-0.25, -0.2) is 4.79 Å². The Morgan fingerprint density at radius 2 is 2.20 bits per heavy atom. The summed E-state index contributed by atoms with van der Waals surface area (Å²) in [6.45, 7) is 5.46. The van der Waals surface area contributed by atoms with Gasteiger partial charge in [-0.2, -0.15) is 0 Å². The molecule has 1 aromatic carbocycles. The van der Waals surface area contributed by atoms with Gasteiger partial charge < -0.3 is 10.4 Å². The van der Waals surface area contributed by atoms with Gasteiger partial charge in [-0.15, -0.1) is 5.10 Å². The zero-order valence-electron chi connectivity index (χ0n) is 11.6. The maximum Gasteiger partial charge on any atom is 0.358 e. The van der Waals surface area contributed by atoms with Crippen LogP contribution in [0.4, 0.5) is 0 Å². The van der Waals surface area contributed by atoms with Gasteiger partial charge in [0, 0.05) is 12.6 Å². The molecule has 0 fully saturated rings. The average Bonchev–Trinajstić information content (AvgIpc) is 2.88. The van der Waals surface area contributed by atoms with Gasteiger partial charge in [0.05, 0.1) is 12.7 Å². The fraction of sp³-hybridized carbons (Fsp3) is 0.357. The highest BCUT2D eigenvalue weighted by atomic mass is 16.4. The van der Waals surface area contributed by atoms with Crippen molar-refractivity contribution in [3.05, 3.63) is 47.3 Å². The lowest BCUT2D eigenvalue weighted by Crippen LogP contribution is -2.24.